The molecule has 0 saturated carbocycles. The SMILES string of the molecule is CCNC(Cc1ncc(C)c(OC)c1C)c1ccc(Br)o1. The van der Waals surface area contributed by atoms with E-state index in [1.54, 1.807) is 7.11 Å². The number of methoxy groups -OCH3 is 1. The fourth-order valence-electron chi connectivity index (χ4n) is 2.51. The van der Waals surface area contributed by atoms with E-state index in [0.717, 1.165) is 46.0 Å². The molecule has 21 heavy (non-hydrogen) atoms. The summed E-state index contributed by atoms with van der Waals surface area (Å²) in [6.07, 6.45) is 2.62. The topological polar surface area (TPSA) is 47.3 Å². The lowest BCUT2D eigenvalue weighted by Crippen LogP contribution is -2.23. The molecule has 114 valence electrons. The van der Waals surface area contributed by atoms with Crippen LogP contribution in [0.5, 0.6) is 5.75 Å². The number of rotatable bonds is 6. The van der Waals surface area contributed by atoms with Crippen LogP contribution in [0, 0.1) is 13.8 Å². The van der Waals surface area contributed by atoms with Gasteiger partial charge in [-0.3, -0.25) is 4.98 Å². The van der Waals surface area contributed by atoms with Gasteiger partial charge in [-0.1, -0.05) is 6.92 Å². The van der Waals surface area contributed by atoms with E-state index in [1.165, 1.54) is 0 Å². The summed E-state index contributed by atoms with van der Waals surface area (Å²) in [5, 5.41) is 3.44. The van der Waals surface area contributed by atoms with Gasteiger partial charge in [0.05, 0.1) is 13.2 Å². The Bertz CT molecular complexity index is 610. The number of pyridine rings is 1. The number of furan rings is 1. The van der Waals surface area contributed by atoms with Crippen LogP contribution in [0.3, 0.4) is 0 Å². The number of nitrogens with zero attached hydrogens (tertiary/aromatic N) is 1. The maximum absolute atomic E-state index is 5.69. The van der Waals surface area contributed by atoms with Gasteiger partial charge in [-0.2, -0.15) is 0 Å². The van der Waals surface area contributed by atoms with Gasteiger partial charge >= 0.3 is 0 Å². The number of aromatic nitrogens is 1. The molecule has 0 aliphatic carbocycles. The summed E-state index contributed by atoms with van der Waals surface area (Å²) in [7, 11) is 1.70. The van der Waals surface area contributed by atoms with E-state index in [1.807, 2.05) is 25.3 Å². The number of halogens is 1. The molecule has 4 nitrogen and oxygen atoms in total. The maximum Gasteiger partial charge on any atom is 0.169 e. The Labute approximate surface area is 134 Å². The van der Waals surface area contributed by atoms with Crippen LogP contribution in [0.2, 0.25) is 0 Å². The summed E-state index contributed by atoms with van der Waals surface area (Å²) in [5.41, 5.74) is 3.17. The lowest BCUT2D eigenvalue weighted by Gasteiger charge is -2.18. The monoisotopic (exact) mass is 352 g/mol. The lowest BCUT2D eigenvalue weighted by atomic mass is 10.0. The first-order valence-electron chi connectivity index (χ1n) is 7.04. The molecule has 0 saturated heterocycles. The van der Waals surface area contributed by atoms with Crippen molar-refractivity contribution < 1.29 is 9.15 Å². The van der Waals surface area contributed by atoms with E-state index >= 15 is 0 Å². The first-order chi connectivity index (χ1) is 10.1. The highest BCUT2D eigenvalue weighted by atomic mass is 79.9. The van der Waals surface area contributed by atoms with Crippen LogP contribution in [0.1, 0.15) is 35.5 Å². The van der Waals surface area contributed by atoms with Gasteiger partial charge in [-0.25, -0.2) is 0 Å². The van der Waals surface area contributed by atoms with Gasteiger partial charge in [-0.15, -0.1) is 0 Å². The zero-order valence-electron chi connectivity index (χ0n) is 12.9. The Morgan fingerprint density at radius 2 is 2.14 bits per heavy atom. The molecule has 0 radical (unpaired) electrons. The molecular weight excluding hydrogens is 332 g/mol. The molecular formula is C16H21BrN2O2. The molecule has 0 bridgehead atoms. The molecule has 0 aliphatic heterocycles. The Hall–Kier alpha value is -1.33. The van der Waals surface area contributed by atoms with Crippen LogP contribution in [-0.2, 0) is 6.42 Å². The molecule has 2 heterocycles. The zero-order chi connectivity index (χ0) is 15.4. The fraction of sp³-hybridized carbons (Fsp3) is 0.438. The van der Waals surface area contributed by atoms with Crippen molar-refractivity contribution in [1.82, 2.24) is 10.3 Å². The Morgan fingerprint density at radius 1 is 1.38 bits per heavy atom. The number of nitrogens with one attached hydrogen (secondary N) is 1. The summed E-state index contributed by atoms with van der Waals surface area (Å²) in [6, 6.07) is 3.99. The maximum atomic E-state index is 5.69. The van der Waals surface area contributed by atoms with E-state index < -0.39 is 0 Å². The Balaban J connectivity index is 2.29. The van der Waals surface area contributed by atoms with Crippen molar-refractivity contribution in [3.8, 4) is 5.75 Å². The molecule has 2 rings (SSSR count). The highest BCUT2D eigenvalue weighted by Crippen LogP contribution is 2.28. The largest absolute Gasteiger partial charge is 0.496 e. The van der Waals surface area contributed by atoms with Crippen LogP contribution in [-0.4, -0.2) is 18.6 Å². The van der Waals surface area contributed by atoms with E-state index in [0.29, 0.717) is 0 Å². The minimum absolute atomic E-state index is 0.0971. The van der Waals surface area contributed by atoms with Gasteiger partial charge in [0.2, 0.25) is 0 Å². The number of hydrogen-bond acceptors (Lipinski definition) is 4. The fourth-order valence-corrected chi connectivity index (χ4v) is 2.82. The summed E-state index contributed by atoms with van der Waals surface area (Å²) >= 11 is 3.35. The summed E-state index contributed by atoms with van der Waals surface area (Å²) in [5.74, 6) is 1.82. The number of likely N-dealkylation sites (N-methyl/N-ethyl adjacent to an activating group) is 1. The van der Waals surface area contributed by atoms with Crippen molar-refractivity contribution in [2.75, 3.05) is 13.7 Å². The van der Waals surface area contributed by atoms with Crippen LogP contribution in [0.25, 0.3) is 0 Å². The number of ether oxygens (including phenoxy) is 1. The number of hydrogen-bond donors (Lipinski definition) is 1. The molecule has 0 spiro atoms. The third kappa shape index (κ3) is 3.66. The van der Waals surface area contributed by atoms with Crippen molar-refractivity contribution in [2.24, 2.45) is 0 Å². The summed E-state index contributed by atoms with van der Waals surface area (Å²) < 4.78 is 11.9. The quantitative estimate of drug-likeness (QED) is 0.854. The summed E-state index contributed by atoms with van der Waals surface area (Å²) in [6.45, 7) is 7.01. The highest BCUT2D eigenvalue weighted by molar-refractivity contribution is 9.10. The molecule has 2 aromatic rings. The lowest BCUT2D eigenvalue weighted by molar-refractivity contribution is 0.395. The molecule has 2 aromatic heterocycles. The molecule has 0 amide bonds. The molecule has 0 fully saturated rings. The van der Waals surface area contributed by atoms with E-state index in [2.05, 4.69) is 40.1 Å². The van der Waals surface area contributed by atoms with Crippen LogP contribution < -0.4 is 10.1 Å². The van der Waals surface area contributed by atoms with Crippen LogP contribution in [0.4, 0.5) is 0 Å². The zero-order valence-corrected chi connectivity index (χ0v) is 14.5. The predicted octanol–water partition coefficient (Wildman–Crippen LogP) is 3.96. The molecule has 1 unspecified atom stereocenters. The van der Waals surface area contributed by atoms with Crippen LogP contribution >= 0.6 is 15.9 Å². The second kappa shape index (κ2) is 7.09. The van der Waals surface area contributed by atoms with E-state index in [4.69, 9.17) is 9.15 Å². The van der Waals surface area contributed by atoms with Gasteiger partial charge in [0, 0.05) is 29.4 Å². The predicted molar refractivity (Wildman–Crippen MR) is 86.8 cm³/mol. The van der Waals surface area contributed by atoms with Gasteiger partial charge in [0.1, 0.15) is 11.5 Å². The van der Waals surface area contributed by atoms with E-state index in [9.17, 15) is 0 Å². The third-order valence-electron chi connectivity index (χ3n) is 3.54. The minimum Gasteiger partial charge on any atom is -0.496 e. The van der Waals surface area contributed by atoms with Crippen molar-refractivity contribution in [1.29, 1.82) is 0 Å². The highest BCUT2D eigenvalue weighted by Gasteiger charge is 2.19. The van der Waals surface area contributed by atoms with Gasteiger partial charge < -0.3 is 14.5 Å². The van der Waals surface area contributed by atoms with E-state index in [-0.39, 0.29) is 6.04 Å². The number of aryl methyl sites for hydroxylation is 1. The van der Waals surface area contributed by atoms with Crippen molar-refractivity contribution in [3.05, 3.63) is 45.6 Å². The van der Waals surface area contributed by atoms with Crippen molar-refractivity contribution >= 4 is 15.9 Å². The normalized spacial score (nSPS) is 12.4. The first kappa shape index (κ1) is 16.0. The smallest absolute Gasteiger partial charge is 0.169 e. The third-order valence-corrected chi connectivity index (χ3v) is 3.96. The van der Waals surface area contributed by atoms with Gasteiger partial charge in [-0.05, 0) is 48.5 Å². The molecule has 1 atom stereocenters. The summed E-state index contributed by atoms with van der Waals surface area (Å²) in [4.78, 5) is 4.57. The Morgan fingerprint density at radius 3 is 2.71 bits per heavy atom. The molecule has 5 heteroatoms. The van der Waals surface area contributed by atoms with Gasteiger partial charge in [0.25, 0.3) is 0 Å². The van der Waals surface area contributed by atoms with Crippen molar-refractivity contribution in [2.45, 2.75) is 33.2 Å². The standard InChI is InChI=1S/C16H21BrN2O2/c1-5-18-13(14-6-7-15(17)21-14)8-12-11(3)16(20-4)10(2)9-19-12/h6-7,9,13,18H,5,8H2,1-4H3. The Kier molecular flexibility index (Phi) is 5.42. The second-order valence-corrected chi connectivity index (χ2v) is 5.78. The molecule has 1 N–H and O–H groups in total. The second-order valence-electron chi connectivity index (χ2n) is 5.00. The first-order valence-corrected chi connectivity index (χ1v) is 7.83. The van der Waals surface area contributed by atoms with Crippen LogP contribution in [0.15, 0.2) is 27.4 Å². The molecule has 0 aromatic carbocycles. The van der Waals surface area contributed by atoms with Crippen molar-refractivity contribution in [3.63, 3.8) is 0 Å². The molecule has 0 aliphatic rings. The minimum atomic E-state index is 0.0971. The average Bonchev–Trinajstić information content (AvgIpc) is 2.88. The van der Waals surface area contributed by atoms with Gasteiger partial charge in [0.15, 0.2) is 4.67 Å². The average molecular weight is 353 g/mol.